The van der Waals surface area contributed by atoms with Gasteiger partial charge < -0.3 is 20.5 Å². The molecule has 23 heavy (non-hydrogen) atoms. The number of nitrogens with one attached hydrogen (secondary N) is 2. The highest BCUT2D eigenvalue weighted by atomic mass is 19.1. The van der Waals surface area contributed by atoms with Gasteiger partial charge in [-0.1, -0.05) is 0 Å². The topological polar surface area (TPSA) is 83.5 Å². The van der Waals surface area contributed by atoms with Crippen LogP contribution in [-0.2, 0) is 4.79 Å². The molecule has 7 heteroatoms. The maximum atomic E-state index is 12.8. The molecule has 3 rings (SSSR count). The maximum absolute atomic E-state index is 12.8. The van der Waals surface area contributed by atoms with Crippen molar-refractivity contribution in [3.05, 3.63) is 48.4 Å². The van der Waals surface area contributed by atoms with Crippen LogP contribution in [0.5, 0.6) is 11.6 Å². The molecule has 1 saturated heterocycles. The Morgan fingerprint density at radius 3 is 2.70 bits per heavy atom. The zero-order valence-corrected chi connectivity index (χ0v) is 12.2. The molecule has 0 saturated carbocycles. The van der Waals surface area contributed by atoms with E-state index in [9.17, 15) is 14.3 Å². The molecular formula is C16H16FN3O3. The fraction of sp³-hybridized carbons (Fsp3) is 0.250. The van der Waals surface area contributed by atoms with E-state index >= 15 is 0 Å². The minimum atomic E-state index is -0.490. The van der Waals surface area contributed by atoms with E-state index in [4.69, 9.17) is 4.74 Å². The van der Waals surface area contributed by atoms with Gasteiger partial charge in [-0.15, -0.1) is 0 Å². The Labute approximate surface area is 132 Å². The van der Waals surface area contributed by atoms with Crippen LogP contribution in [0, 0.1) is 5.82 Å². The number of aliphatic hydroxyl groups excluding tert-OH is 1. The number of rotatable bonds is 4. The van der Waals surface area contributed by atoms with Gasteiger partial charge in [-0.05, 0) is 36.8 Å². The molecule has 2 aromatic rings. The predicted molar refractivity (Wildman–Crippen MR) is 81.8 cm³/mol. The maximum Gasteiger partial charge on any atom is 0.241 e. The Hall–Kier alpha value is -2.51. The van der Waals surface area contributed by atoms with Crippen molar-refractivity contribution in [2.24, 2.45) is 0 Å². The van der Waals surface area contributed by atoms with Gasteiger partial charge >= 0.3 is 0 Å². The van der Waals surface area contributed by atoms with E-state index in [-0.39, 0.29) is 11.7 Å². The summed E-state index contributed by atoms with van der Waals surface area (Å²) in [7, 11) is 0. The summed E-state index contributed by atoms with van der Waals surface area (Å²) in [6.45, 7) is 0.417. The molecule has 1 aliphatic rings. The number of nitrogens with zero attached hydrogens (tertiary/aromatic N) is 1. The monoisotopic (exact) mass is 317 g/mol. The van der Waals surface area contributed by atoms with Crippen molar-refractivity contribution in [1.29, 1.82) is 0 Å². The molecule has 0 bridgehead atoms. The van der Waals surface area contributed by atoms with Crippen molar-refractivity contribution in [2.45, 2.75) is 18.6 Å². The lowest BCUT2D eigenvalue weighted by molar-refractivity contribution is -0.117. The van der Waals surface area contributed by atoms with Gasteiger partial charge in [-0.25, -0.2) is 9.37 Å². The number of β-amino-alcohol motifs (C(OH)–C–C–N with tert-alkyl or cyclic N) is 1. The number of ether oxygens (including phenoxy) is 1. The minimum Gasteiger partial charge on any atom is -0.439 e. The molecule has 1 aromatic heterocycles. The van der Waals surface area contributed by atoms with E-state index in [1.807, 2.05) is 0 Å². The highest BCUT2D eigenvalue weighted by Gasteiger charge is 2.27. The van der Waals surface area contributed by atoms with E-state index in [0.717, 1.165) is 0 Å². The van der Waals surface area contributed by atoms with E-state index in [0.29, 0.717) is 30.3 Å². The van der Waals surface area contributed by atoms with Crippen LogP contribution >= 0.6 is 0 Å². The summed E-state index contributed by atoms with van der Waals surface area (Å²) in [6.07, 6.45) is 1.38. The van der Waals surface area contributed by atoms with Gasteiger partial charge in [0.05, 0.1) is 24.0 Å². The SMILES string of the molecule is O=C(Nc1ccc(Oc2ccc(F)cc2)nc1)C1CC(O)CN1. The summed E-state index contributed by atoms with van der Waals surface area (Å²) >= 11 is 0. The number of anilines is 1. The van der Waals surface area contributed by atoms with Gasteiger partial charge in [-0.3, -0.25) is 4.79 Å². The highest BCUT2D eigenvalue weighted by Crippen LogP contribution is 2.21. The molecule has 0 spiro atoms. The third-order valence-electron chi connectivity index (χ3n) is 3.46. The van der Waals surface area contributed by atoms with Crippen LogP contribution in [-0.4, -0.2) is 34.7 Å². The van der Waals surface area contributed by atoms with Gasteiger partial charge in [0, 0.05) is 12.6 Å². The second-order valence-electron chi connectivity index (χ2n) is 5.28. The second-order valence-corrected chi connectivity index (χ2v) is 5.28. The minimum absolute atomic E-state index is 0.212. The summed E-state index contributed by atoms with van der Waals surface area (Å²) in [5.41, 5.74) is 0.532. The van der Waals surface area contributed by atoms with Crippen molar-refractivity contribution in [1.82, 2.24) is 10.3 Å². The quantitative estimate of drug-likeness (QED) is 0.799. The number of carbonyl (C=O) groups excluding carboxylic acids is 1. The van der Waals surface area contributed by atoms with Crippen molar-refractivity contribution < 1.29 is 19.0 Å². The zero-order valence-electron chi connectivity index (χ0n) is 12.2. The first-order valence-electron chi connectivity index (χ1n) is 7.22. The summed E-state index contributed by atoms with van der Waals surface area (Å²) in [6, 6.07) is 8.47. The first-order chi connectivity index (χ1) is 11.1. The smallest absolute Gasteiger partial charge is 0.241 e. The van der Waals surface area contributed by atoms with E-state index < -0.39 is 12.1 Å². The first kappa shape index (κ1) is 15.4. The largest absolute Gasteiger partial charge is 0.439 e. The van der Waals surface area contributed by atoms with Crippen LogP contribution < -0.4 is 15.4 Å². The summed E-state index contributed by atoms with van der Waals surface area (Å²) < 4.78 is 18.3. The van der Waals surface area contributed by atoms with Crippen LogP contribution in [0.15, 0.2) is 42.6 Å². The molecule has 2 atom stereocenters. The normalized spacial score (nSPS) is 20.3. The van der Waals surface area contributed by atoms with Crippen LogP contribution in [0.25, 0.3) is 0 Å². The van der Waals surface area contributed by atoms with Crippen molar-refractivity contribution in [2.75, 3.05) is 11.9 Å². The number of halogens is 1. The third kappa shape index (κ3) is 4.02. The van der Waals surface area contributed by atoms with Gasteiger partial charge in [0.1, 0.15) is 11.6 Å². The number of aromatic nitrogens is 1. The van der Waals surface area contributed by atoms with Crippen LogP contribution in [0.1, 0.15) is 6.42 Å². The third-order valence-corrected chi connectivity index (χ3v) is 3.46. The lowest BCUT2D eigenvalue weighted by Gasteiger charge is -2.11. The highest BCUT2D eigenvalue weighted by molar-refractivity contribution is 5.94. The van der Waals surface area contributed by atoms with Gasteiger partial charge in [0.25, 0.3) is 0 Å². The van der Waals surface area contributed by atoms with Gasteiger partial charge in [0.2, 0.25) is 11.8 Å². The van der Waals surface area contributed by atoms with Crippen molar-refractivity contribution in [3.8, 4) is 11.6 Å². The van der Waals surface area contributed by atoms with Crippen molar-refractivity contribution >= 4 is 11.6 Å². The Bertz CT molecular complexity index is 676. The fourth-order valence-corrected chi connectivity index (χ4v) is 2.28. The fourth-order valence-electron chi connectivity index (χ4n) is 2.28. The van der Waals surface area contributed by atoms with Crippen molar-refractivity contribution in [3.63, 3.8) is 0 Å². The number of amides is 1. The molecule has 3 N–H and O–H groups in total. The average Bonchev–Trinajstić information content (AvgIpc) is 2.98. The molecule has 1 aliphatic heterocycles. The lowest BCUT2D eigenvalue weighted by atomic mass is 10.2. The standard InChI is InChI=1S/C16H16FN3O3/c17-10-1-4-13(5-2-10)23-15-6-3-11(8-19-15)20-16(22)14-7-12(21)9-18-14/h1-6,8,12,14,18,21H,7,9H2,(H,20,22). The van der Waals surface area contributed by atoms with E-state index in [2.05, 4.69) is 15.6 Å². The molecule has 6 nitrogen and oxygen atoms in total. The number of pyridine rings is 1. The molecule has 1 fully saturated rings. The molecule has 1 amide bonds. The Morgan fingerprint density at radius 1 is 1.30 bits per heavy atom. The van der Waals surface area contributed by atoms with Crippen LogP contribution in [0.3, 0.4) is 0 Å². The number of hydrogen-bond donors (Lipinski definition) is 3. The summed E-state index contributed by atoms with van der Waals surface area (Å²) in [5, 5.41) is 15.1. The lowest BCUT2D eigenvalue weighted by Crippen LogP contribution is -2.35. The number of benzene rings is 1. The summed E-state index contributed by atoms with van der Waals surface area (Å²) in [5.74, 6) is 0.258. The number of hydrogen-bond acceptors (Lipinski definition) is 5. The Kier molecular flexibility index (Phi) is 4.50. The molecule has 0 aliphatic carbocycles. The number of carbonyl (C=O) groups is 1. The van der Waals surface area contributed by atoms with Crippen LogP contribution in [0.4, 0.5) is 10.1 Å². The Morgan fingerprint density at radius 2 is 2.09 bits per heavy atom. The molecular weight excluding hydrogens is 301 g/mol. The van der Waals surface area contributed by atoms with E-state index in [1.165, 1.54) is 30.5 Å². The van der Waals surface area contributed by atoms with Gasteiger partial charge in [-0.2, -0.15) is 0 Å². The van der Waals surface area contributed by atoms with E-state index in [1.54, 1.807) is 12.1 Å². The average molecular weight is 317 g/mol. The van der Waals surface area contributed by atoms with Crippen LogP contribution in [0.2, 0.25) is 0 Å². The second kappa shape index (κ2) is 6.72. The molecule has 2 unspecified atom stereocenters. The Balaban J connectivity index is 1.58. The molecule has 2 heterocycles. The molecule has 0 radical (unpaired) electrons. The van der Waals surface area contributed by atoms with Gasteiger partial charge in [0.15, 0.2) is 0 Å². The zero-order chi connectivity index (χ0) is 16.2. The summed E-state index contributed by atoms with van der Waals surface area (Å²) in [4.78, 5) is 16.1. The molecule has 1 aromatic carbocycles. The number of aliphatic hydroxyl groups is 1. The molecule has 120 valence electrons. The predicted octanol–water partition coefficient (Wildman–Crippen LogP) is 1.67. The first-order valence-corrected chi connectivity index (χ1v) is 7.22.